The van der Waals surface area contributed by atoms with E-state index in [1.54, 1.807) is 18.0 Å². The molecule has 1 aromatic carbocycles. The molecule has 1 aliphatic heterocycles. The van der Waals surface area contributed by atoms with E-state index in [2.05, 4.69) is 10.4 Å². The minimum atomic E-state index is -0.101. The summed E-state index contributed by atoms with van der Waals surface area (Å²) < 4.78 is 12.5. The van der Waals surface area contributed by atoms with Crippen molar-refractivity contribution in [2.24, 2.45) is 0 Å². The van der Waals surface area contributed by atoms with E-state index in [0.717, 1.165) is 18.8 Å². The molecule has 1 saturated heterocycles. The lowest BCUT2D eigenvalue weighted by molar-refractivity contribution is 0.0642. The maximum atomic E-state index is 13.0. The number of hydrogen-bond acceptors (Lipinski definition) is 5. The van der Waals surface area contributed by atoms with E-state index in [1.807, 2.05) is 42.2 Å². The molecule has 1 N–H and O–H groups in total. The lowest BCUT2D eigenvalue weighted by Crippen LogP contribution is -2.52. The lowest BCUT2D eigenvalue weighted by atomic mass is 10.2. The molecule has 3 rings (SSSR count). The average Bonchev–Trinajstić information content (AvgIpc) is 3.07. The molecular formula is C18H25ClN4O3. The van der Waals surface area contributed by atoms with E-state index in [4.69, 9.17) is 9.47 Å². The van der Waals surface area contributed by atoms with Gasteiger partial charge in [-0.3, -0.25) is 4.79 Å². The largest absolute Gasteiger partial charge is 0.487 e. The van der Waals surface area contributed by atoms with Crippen molar-refractivity contribution in [2.45, 2.75) is 13.0 Å². The average molecular weight is 381 g/mol. The highest BCUT2D eigenvalue weighted by Gasteiger charge is 2.29. The third-order valence-electron chi connectivity index (χ3n) is 4.21. The fourth-order valence-electron chi connectivity index (χ4n) is 2.84. The molecule has 0 aliphatic carbocycles. The number of amides is 1. The van der Waals surface area contributed by atoms with Gasteiger partial charge in [0, 0.05) is 32.8 Å². The number of halogens is 1. The lowest BCUT2D eigenvalue weighted by Gasteiger charge is -2.33. The number of para-hydroxylation sites is 1. The highest BCUT2D eigenvalue weighted by Crippen LogP contribution is 2.22. The van der Waals surface area contributed by atoms with Gasteiger partial charge in [-0.15, -0.1) is 12.4 Å². The summed E-state index contributed by atoms with van der Waals surface area (Å²) in [5.74, 6) is 0.382. The molecule has 1 fully saturated rings. The third-order valence-corrected chi connectivity index (χ3v) is 4.21. The Bertz CT molecular complexity index is 708. The topological polar surface area (TPSA) is 68.6 Å². The molecule has 2 heterocycles. The second-order valence-electron chi connectivity index (χ2n) is 6.02. The number of methoxy groups -OCH3 is 1. The smallest absolute Gasteiger partial charge is 0.278 e. The van der Waals surface area contributed by atoms with Gasteiger partial charge in [-0.05, 0) is 19.1 Å². The van der Waals surface area contributed by atoms with Crippen LogP contribution >= 0.6 is 12.4 Å². The van der Waals surface area contributed by atoms with Crippen LogP contribution in [0.3, 0.4) is 0 Å². The maximum absolute atomic E-state index is 13.0. The summed E-state index contributed by atoms with van der Waals surface area (Å²) in [6, 6.07) is 9.80. The third kappa shape index (κ3) is 4.55. The van der Waals surface area contributed by atoms with Crippen LogP contribution in [0, 0.1) is 0 Å². The Morgan fingerprint density at radius 3 is 2.77 bits per heavy atom. The quantitative estimate of drug-likeness (QED) is 0.773. The first-order valence-corrected chi connectivity index (χ1v) is 8.49. The van der Waals surface area contributed by atoms with Crippen LogP contribution in [-0.2, 0) is 4.74 Å². The van der Waals surface area contributed by atoms with Crippen molar-refractivity contribution in [3.05, 3.63) is 42.2 Å². The van der Waals surface area contributed by atoms with Gasteiger partial charge in [0.25, 0.3) is 5.91 Å². The SMILES string of the molecule is COCCOc1cn(-c2ccccc2)nc1C(=O)N1CCNC[C@@H]1C.Cl. The van der Waals surface area contributed by atoms with E-state index >= 15 is 0 Å². The minimum Gasteiger partial charge on any atom is -0.487 e. The molecule has 0 radical (unpaired) electrons. The van der Waals surface area contributed by atoms with Gasteiger partial charge < -0.3 is 19.7 Å². The van der Waals surface area contributed by atoms with E-state index in [0.29, 0.717) is 31.2 Å². The molecule has 2 aromatic rings. The summed E-state index contributed by atoms with van der Waals surface area (Å²) in [5, 5.41) is 7.80. The number of hydrogen-bond donors (Lipinski definition) is 1. The minimum absolute atomic E-state index is 0. The zero-order chi connectivity index (χ0) is 17.6. The Morgan fingerprint density at radius 2 is 2.08 bits per heavy atom. The molecule has 1 aromatic heterocycles. The highest BCUT2D eigenvalue weighted by molar-refractivity contribution is 5.95. The zero-order valence-electron chi connectivity index (χ0n) is 15.1. The Kier molecular flexibility index (Phi) is 7.44. The van der Waals surface area contributed by atoms with E-state index in [1.165, 1.54) is 0 Å². The Hall–Kier alpha value is -2.09. The van der Waals surface area contributed by atoms with Crippen molar-refractivity contribution in [3.8, 4) is 11.4 Å². The van der Waals surface area contributed by atoms with E-state index in [-0.39, 0.29) is 24.4 Å². The fraction of sp³-hybridized carbons (Fsp3) is 0.444. The molecule has 142 valence electrons. The molecule has 0 spiro atoms. The predicted molar refractivity (Wildman–Crippen MR) is 102 cm³/mol. The number of carbonyl (C=O) groups excluding carboxylic acids is 1. The summed E-state index contributed by atoms with van der Waals surface area (Å²) in [5.41, 5.74) is 1.22. The van der Waals surface area contributed by atoms with Crippen LogP contribution in [0.25, 0.3) is 5.69 Å². The van der Waals surface area contributed by atoms with Gasteiger partial charge in [0.2, 0.25) is 0 Å². The molecule has 0 unspecified atom stereocenters. The molecule has 8 heteroatoms. The Labute approximate surface area is 159 Å². The number of carbonyl (C=O) groups is 1. The van der Waals surface area contributed by atoms with Crippen LogP contribution in [0.5, 0.6) is 5.75 Å². The number of nitrogens with zero attached hydrogens (tertiary/aromatic N) is 3. The first kappa shape index (κ1) is 20.2. The molecular weight excluding hydrogens is 356 g/mol. The summed E-state index contributed by atoms with van der Waals surface area (Å²) in [6.45, 7) is 5.09. The molecule has 7 nitrogen and oxygen atoms in total. The number of benzene rings is 1. The van der Waals surface area contributed by atoms with E-state index < -0.39 is 0 Å². The van der Waals surface area contributed by atoms with Gasteiger partial charge >= 0.3 is 0 Å². The van der Waals surface area contributed by atoms with Gasteiger partial charge in [-0.2, -0.15) is 5.10 Å². The molecule has 0 saturated carbocycles. The maximum Gasteiger partial charge on any atom is 0.278 e. The fourth-order valence-corrected chi connectivity index (χ4v) is 2.84. The van der Waals surface area contributed by atoms with Gasteiger partial charge in [0.05, 0.1) is 18.5 Å². The summed E-state index contributed by atoms with van der Waals surface area (Å²) in [7, 11) is 1.62. The van der Waals surface area contributed by atoms with Gasteiger partial charge in [-0.25, -0.2) is 4.68 Å². The van der Waals surface area contributed by atoms with Crippen molar-refractivity contribution in [1.82, 2.24) is 20.0 Å². The first-order valence-electron chi connectivity index (χ1n) is 8.49. The molecule has 0 bridgehead atoms. The number of rotatable bonds is 6. The van der Waals surface area contributed by atoms with Crippen LogP contribution < -0.4 is 10.1 Å². The summed E-state index contributed by atoms with van der Waals surface area (Å²) in [6.07, 6.45) is 1.76. The zero-order valence-corrected chi connectivity index (χ0v) is 15.9. The number of aromatic nitrogens is 2. The van der Waals surface area contributed by atoms with Gasteiger partial charge in [0.15, 0.2) is 11.4 Å². The normalized spacial score (nSPS) is 16.8. The van der Waals surface area contributed by atoms with Crippen molar-refractivity contribution >= 4 is 18.3 Å². The Balaban J connectivity index is 0.00000243. The van der Waals surface area contributed by atoms with Crippen molar-refractivity contribution < 1.29 is 14.3 Å². The van der Waals surface area contributed by atoms with Crippen LogP contribution in [0.1, 0.15) is 17.4 Å². The second-order valence-corrected chi connectivity index (χ2v) is 6.02. The highest BCUT2D eigenvalue weighted by atomic mass is 35.5. The standard InChI is InChI=1S/C18H24N4O3.ClH/c1-14-12-19-8-9-21(14)18(23)17-16(25-11-10-24-2)13-22(20-17)15-6-4-3-5-7-15;/h3-7,13-14,19H,8-12H2,1-2H3;1H/t14-;/m0./s1. The molecule has 26 heavy (non-hydrogen) atoms. The van der Waals surface area contributed by atoms with Gasteiger partial charge in [-0.1, -0.05) is 18.2 Å². The molecule has 1 aliphatic rings. The van der Waals surface area contributed by atoms with Crippen molar-refractivity contribution in [2.75, 3.05) is 40.0 Å². The monoisotopic (exact) mass is 380 g/mol. The van der Waals surface area contributed by atoms with Crippen LogP contribution in [0.4, 0.5) is 0 Å². The number of nitrogens with one attached hydrogen (secondary N) is 1. The molecule has 1 amide bonds. The van der Waals surface area contributed by atoms with Crippen LogP contribution in [0.2, 0.25) is 0 Å². The first-order chi connectivity index (χ1) is 12.2. The van der Waals surface area contributed by atoms with Crippen LogP contribution in [-0.4, -0.2) is 66.6 Å². The molecule has 1 atom stereocenters. The van der Waals surface area contributed by atoms with Crippen molar-refractivity contribution in [1.29, 1.82) is 0 Å². The van der Waals surface area contributed by atoms with Gasteiger partial charge in [0.1, 0.15) is 6.61 Å². The van der Waals surface area contributed by atoms with Crippen LogP contribution in [0.15, 0.2) is 36.5 Å². The Morgan fingerprint density at radius 1 is 1.31 bits per heavy atom. The number of piperazine rings is 1. The second kappa shape index (κ2) is 9.56. The van der Waals surface area contributed by atoms with E-state index in [9.17, 15) is 4.79 Å². The number of ether oxygens (including phenoxy) is 2. The summed E-state index contributed by atoms with van der Waals surface area (Å²) in [4.78, 5) is 14.9. The predicted octanol–water partition coefficient (Wildman–Crippen LogP) is 1.75. The summed E-state index contributed by atoms with van der Waals surface area (Å²) >= 11 is 0. The van der Waals surface area contributed by atoms with Crippen molar-refractivity contribution in [3.63, 3.8) is 0 Å².